The van der Waals surface area contributed by atoms with Crippen molar-refractivity contribution in [2.45, 2.75) is 65.8 Å². The molecule has 1 unspecified atom stereocenters. The van der Waals surface area contributed by atoms with Crippen LogP contribution in [-0.4, -0.2) is 34.4 Å². The first-order valence-electron chi connectivity index (χ1n) is 8.90. The zero-order chi connectivity index (χ0) is 17.9. The molecule has 3 aliphatic rings. The molecule has 7 atom stereocenters. The van der Waals surface area contributed by atoms with E-state index in [1.165, 1.54) is 6.08 Å². The van der Waals surface area contributed by atoms with Gasteiger partial charge in [0.1, 0.15) is 5.78 Å². The van der Waals surface area contributed by atoms with Crippen LogP contribution in [0.4, 0.5) is 0 Å². The normalized spacial score (nSPS) is 46.5. The van der Waals surface area contributed by atoms with Gasteiger partial charge in [-0.05, 0) is 41.9 Å². The molecule has 0 aromatic carbocycles. The van der Waals surface area contributed by atoms with Crippen LogP contribution < -0.4 is 0 Å². The van der Waals surface area contributed by atoms with Crippen molar-refractivity contribution in [3.05, 3.63) is 11.6 Å². The first-order valence-corrected chi connectivity index (χ1v) is 8.90. The second-order valence-electron chi connectivity index (χ2n) is 8.55. The van der Waals surface area contributed by atoms with E-state index >= 15 is 0 Å². The lowest BCUT2D eigenvalue weighted by molar-refractivity contribution is -0.152. The number of fused-ring (bicyclic) bond motifs is 1. The van der Waals surface area contributed by atoms with Crippen LogP contribution in [0, 0.1) is 28.6 Å². The lowest BCUT2D eigenvalue weighted by Gasteiger charge is -2.54. The largest absolute Gasteiger partial charge is 0.429 e. The van der Waals surface area contributed by atoms with Gasteiger partial charge in [-0.15, -0.1) is 0 Å². The van der Waals surface area contributed by atoms with E-state index in [0.717, 1.165) is 12.8 Å². The number of aliphatic hydroxyl groups excluding tert-OH is 2. The van der Waals surface area contributed by atoms with Crippen LogP contribution in [0.5, 0.6) is 0 Å². The SMILES string of the molecule is C[C@@H]1CC[C@]2(C)[C@H](CC(=O)[C@H]2C)[C@@]1(C)C[C@H](O)C1=CC(=O)OC1O. The van der Waals surface area contributed by atoms with E-state index in [1.54, 1.807) is 0 Å². The summed E-state index contributed by atoms with van der Waals surface area (Å²) in [6.45, 7) is 8.57. The van der Waals surface area contributed by atoms with Gasteiger partial charge < -0.3 is 14.9 Å². The number of hydrogen-bond acceptors (Lipinski definition) is 5. The summed E-state index contributed by atoms with van der Waals surface area (Å²) >= 11 is 0. The Balaban J connectivity index is 1.88. The smallest absolute Gasteiger partial charge is 0.333 e. The minimum atomic E-state index is -1.36. The van der Waals surface area contributed by atoms with Gasteiger partial charge in [0.2, 0.25) is 6.29 Å². The standard InChI is InChI=1S/C19H28O5/c1-10-5-6-18(3)11(2)13(20)8-15(18)19(10,4)9-14(21)12-7-16(22)24-17(12)23/h7,10-11,14-15,17,21,23H,5-6,8-9H2,1-4H3/t10-,11-,14+,15+,17?,18+,19+/m1/s1. The van der Waals surface area contributed by atoms with Gasteiger partial charge in [-0.1, -0.05) is 27.7 Å². The van der Waals surface area contributed by atoms with E-state index in [1.807, 2.05) is 6.92 Å². The van der Waals surface area contributed by atoms with Crippen LogP contribution in [0.2, 0.25) is 0 Å². The lowest BCUT2D eigenvalue weighted by Crippen LogP contribution is -2.48. The number of esters is 1. The molecule has 0 saturated heterocycles. The monoisotopic (exact) mass is 336 g/mol. The number of Topliss-reactive ketones (excluding diaryl/α,β-unsaturated/α-hetero) is 1. The number of ether oxygens (including phenoxy) is 1. The number of carbonyl (C=O) groups excluding carboxylic acids is 2. The molecule has 2 fully saturated rings. The van der Waals surface area contributed by atoms with Gasteiger partial charge in [-0.3, -0.25) is 4.79 Å². The molecule has 24 heavy (non-hydrogen) atoms. The summed E-state index contributed by atoms with van der Waals surface area (Å²) in [6, 6.07) is 0. The Bertz CT molecular complexity index is 597. The fraction of sp³-hybridized carbons (Fsp3) is 0.789. The highest BCUT2D eigenvalue weighted by Gasteiger charge is 2.60. The molecule has 5 heteroatoms. The van der Waals surface area contributed by atoms with Crippen molar-refractivity contribution in [3.8, 4) is 0 Å². The number of rotatable bonds is 3. The van der Waals surface area contributed by atoms with Crippen molar-refractivity contribution in [1.29, 1.82) is 0 Å². The van der Waals surface area contributed by atoms with E-state index < -0.39 is 18.4 Å². The van der Waals surface area contributed by atoms with Crippen LogP contribution in [0.3, 0.4) is 0 Å². The Kier molecular flexibility index (Phi) is 4.16. The molecule has 0 amide bonds. The first kappa shape index (κ1) is 17.6. The molecular weight excluding hydrogens is 308 g/mol. The van der Waals surface area contributed by atoms with Crippen LogP contribution in [0.15, 0.2) is 11.6 Å². The van der Waals surface area contributed by atoms with E-state index in [0.29, 0.717) is 24.5 Å². The first-order chi connectivity index (χ1) is 11.1. The van der Waals surface area contributed by atoms with Crippen LogP contribution in [-0.2, 0) is 14.3 Å². The molecule has 0 aromatic heterocycles. The van der Waals surface area contributed by atoms with Crippen LogP contribution in [0.1, 0.15) is 53.4 Å². The number of cyclic esters (lactones) is 1. The Morgan fingerprint density at radius 2 is 2.00 bits per heavy atom. The van der Waals surface area contributed by atoms with Gasteiger partial charge in [0.05, 0.1) is 6.10 Å². The molecule has 2 aliphatic carbocycles. The Morgan fingerprint density at radius 1 is 1.33 bits per heavy atom. The van der Waals surface area contributed by atoms with E-state index in [2.05, 4.69) is 20.8 Å². The van der Waals surface area contributed by atoms with Crippen LogP contribution >= 0.6 is 0 Å². The summed E-state index contributed by atoms with van der Waals surface area (Å²) < 4.78 is 4.69. The van der Waals surface area contributed by atoms with E-state index in [9.17, 15) is 19.8 Å². The predicted octanol–water partition coefficient (Wildman–Crippen LogP) is 2.21. The van der Waals surface area contributed by atoms with Gasteiger partial charge in [0, 0.05) is 24.0 Å². The molecule has 2 N–H and O–H groups in total. The summed E-state index contributed by atoms with van der Waals surface area (Å²) in [5.41, 5.74) is -0.0235. The molecule has 134 valence electrons. The van der Waals surface area contributed by atoms with Crippen molar-refractivity contribution < 1.29 is 24.5 Å². The van der Waals surface area contributed by atoms with Gasteiger partial charge in [-0.25, -0.2) is 4.79 Å². The van der Waals surface area contributed by atoms with Gasteiger partial charge in [0.15, 0.2) is 0 Å². The van der Waals surface area contributed by atoms with Crippen LogP contribution in [0.25, 0.3) is 0 Å². The lowest BCUT2D eigenvalue weighted by atomic mass is 9.50. The molecule has 3 rings (SSSR count). The number of aliphatic hydroxyl groups is 2. The summed E-state index contributed by atoms with van der Waals surface area (Å²) in [4.78, 5) is 23.7. The Hall–Kier alpha value is -1.20. The van der Waals surface area contributed by atoms with Crippen molar-refractivity contribution in [2.75, 3.05) is 0 Å². The van der Waals surface area contributed by atoms with Gasteiger partial charge in [-0.2, -0.15) is 0 Å². The molecule has 1 aliphatic heterocycles. The van der Waals surface area contributed by atoms with Crippen molar-refractivity contribution in [2.24, 2.45) is 28.6 Å². The number of carbonyl (C=O) groups is 2. The van der Waals surface area contributed by atoms with Gasteiger partial charge >= 0.3 is 5.97 Å². The quantitative estimate of drug-likeness (QED) is 0.772. The highest BCUT2D eigenvalue weighted by atomic mass is 16.6. The zero-order valence-electron chi connectivity index (χ0n) is 14.9. The third-order valence-corrected chi connectivity index (χ3v) is 7.53. The highest BCUT2D eigenvalue weighted by Crippen LogP contribution is 2.63. The molecule has 0 radical (unpaired) electrons. The maximum Gasteiger partial charge on any atom is 0.333 e. The summed E-state index contributed by atoms with van der Waals surface area (Å²) in [5.74, 6) is 0.317. The molecule has 0 spiro atoms. The third-order valence-electron chi connectivity index (χ3n) is 7.53. The van der Waals surface area contributed by atoms with Gasteiger partial charge in [0.25, 0.3) is 0 Å². The summed E-state index contributed by atoms with van der Waals surface area (Å²) in [6.07, 6.45) is 1.93. The van der Waals surface area contributed by atoms with E-state index in [4.69, 9.17) is 4.74 Å². The van der Waals surface area contributed by atoms with Crippen molar-refractivity contribution in [3.63, 3.8) is 0 Å². The number of hydrogen-bond donors (Lipinski definition) is 2. The molecule has 1 heterocycles. The van der Waals surface area contributed by atoms with Crippen molar-refractivity contribution >= 4 is 11.8 Å². The second-order valence-corrected chi connectivity index (χ2v) is 8.55. The highest BCUT2D eigenvalue weighted by molar-refractivity contribution is 5.86. The average molecular weight is 336 g/mol. The fourth-order valence-corrected chi connectivity index (χ4v) is 5.42. The predicted molar refractivity (Wildman–Crippen MR) is 87.7 cm³/mol. The zero-order valence-corrected chi connectivity index (χ0v) is 14.9. The van der Waals surface area contributed by atoms with Crippen molar-refractivity contribution in [1.82, 2.24) is 0 Å². The average Bonchev–Trinajstić information content (AvgIpc) is 2.96. The summed E-state index contributed by atoms with van der Waals surface area (Å²) in [7, 11) is 0. The second kappa shape index (κ2) is 5.67. The maximum absolute atomic E-state index is 12.4. The molecular formula is C19H28O5. The molecule has 2 saturated carbocycles. The molecule has 0 aromatic rings. The topological polar surface area (TPSA) is 83.8 Å². The third kappa shape index (κ3) is 2.44. The maximum atomic E-state index is 12.4. The minimum Gasteiger partial charge on any atom is -0.429 e. The summed E-state index contributed by atoms with van der Waals surface area (Å²) in [5, 5.41) is 20.5. The fourth-order valence-electron chi connectivity index (χ4n) is 5.42. The Labute approximate surface area is 143 Å². The minimum absolute atomic E-state index is 0.0347. The Morgan fingerprint density at radius 3 is 2.58 bits per heavy atom. The molecule has 0 bridgehead atoms. The van der Waals surface area contributed by atoms with E-state index in [-0.39, 0.29) is 28.2 Å². The number of ketones is 1. The molecule has 5 nitrogen and oxygen atoms in total.